The summed E-state index contributed by atoms with van der Waals surface area (Å²) in [5, 5.41) is 1.08. The Hall–Kier alpha value is -2.25. The Morgan fingerprint density at radius 2 is 1.81 bits per heavy atom. The van der Waals surface area contributed by atoms with E-state index < -0.39 is 5.91 Å². The highest BCUT2D eigenvalue weighted by molar-refractivity contribution is 5.93. The molecule has 2 aliphatic heterocycles. The third-order valence-electron chi connectivity index (χ3n) is 10.8. The number of rotatable bonds is 6. The summed E-state index contributed by atoms with van der Waals surface area (Å²) in [5.74, 6) is 2.24. The van der Waals surface area contributed by atoms with E-state index >= 15 is 0 Å². The number of benzene rings is 1. The minimum atomic E-state index is -0.502. The molecule has 200 valence electrons. The Morgan fingerprint density at radius 1 is 1.08 bits per heavy atom. The van der Waals surface area contributed by atoms with E-state index in [-0.39, 0.29) is 17.3 Å². The van der Waals surface area contributed by atoms with Gasteiger partial charge < -0.3 is 4.57 Å². The Balaban J connectivity index is 1.26. The molecule has 0 spiro atoms. The van der Waals surface area contributed by atoms with Gasteiger partial charge in [-0.25, -0.2) is 10.0 Å². The van der Waals surface area contributed by atoms with Gasteiger partial charge in [0.1, 0.15) is 0 Å². The zero-order valence-electron chi connectivity index (χ0n) is 22.9. The Kier molecular flexibility index (Phi) is 6.43. The van der Waals surface area contributed by atoms with Crippen LogP contribution in [0.2, 0.25) is 0 Å². The van der Waals surface area contributed by atoms with Gasteiger partial charge in [-0.15, -0.1) is 0 Å². The molecule has 3 saturated carbocycles. The van der Waals surface area contributed by atoms with Gasteiger partial charge in [0.05, 0.1) is 18.1 Å². The van der Waals surface area contributed by atoms with Gasteiger partial charge in [0.25, 0.3) is 5.56 Å². The van der Waals surface area contributed by atoms with Crippen LogP contribution in [0.3, 0.4) is 0 Å². The Labute approximate surface area is 220 Å². The largest absolute Gasteiger partial charge is 0.302 e. The summed E-state index contributed by atoms with van der Waals surface area (Å²) in [4.78, 5) is 39.1. The van der Waals surface area contributed by atoms with Crippen LogP contribution in [0, 0.1) is 23.2 Å². The third-order valence-corrected chi connectivity index (χ3v) is 10.8. The van der Waals surface area contributed by atoms with Gasteiger partial charge in [-0.1, -0.05) is 32.4 Å². The average Bonchev–Trinajstić information content (AvgIpc) is 2.90. The minimum absolute atomic E-state index is 0.0608. The van der Waals surface area contributed by atoms with E-state index in [9.17, 15) is 9.59 Å². The van der Waals surface area contributed by atoms with Crippen molar-refractivity contribution in [1.29, 1.82) is 0 Å². The van der Waals surface area contributed by atoms with Crippen molar-refractivity contribution >= 4 is 16.9 Å². The molecule has 7 heteroatoms. The van der Waals surface area contributed by atoms with Crippen LogP contribution in [0.25, 0.3) is 11.0 Å². The van der Waals surface area contributed by atoms with Crippen LogP contribution in [0.15, 0.2) is 29.1 Å². The van der Waals surface area contributed by atoms with Crippen molar-refractivity contribution in [1.82, 2.24) is 19.5 Å². The molecule has 0 radical (unpaired) electrons. The highest BCUT2D eigenvalue weighted by atomic mass is 16.7. The van der Waals surface area contributed by atoms with E-state index in [1.54, 1.807) is 0 Å². The quantitative estimate of drug-likeness (QED) is 0.513. The van der Waals surface area contributed by atoms with E-state index in [1.165, 1.54) is 65.6 Å². The number of carbonyl (C=O) groups is 1. The first-order chi connectivity index (χ1) is 17.8. The first kappa shape index (κ1) is 25.1. The molecule has 1 amide bonds. The average molecular weight is 507 g/mol. The van der Waals surface area contributed by atoms with Gasteiger partial charge in [0, 0.05) is 25.2 Å². The normalized spacial score (nSPS) is 32.6. The first-order valence-corrected chi connectivity index (χ1v) is 14.4. The summed E-state index contributed by atoms with van der Waals surface area (Å²) >= 11 is 0. The van der Waals surface area contributed by atoms with E-state index in [0.717, 1.165) is 41.2 Å². The minimum Gasteiger partial charge on any atom is -0.302 e. The van der Waals surface area contributed by atoms with Crippen molar-refractivity contribution in [3.8, 4) is 0 Å². The molecule has 4 bridgehead atoms. The number of piperidine rings is 2. The second-order valence-electron chi connectivity index (χ2n) is 12.7. The molecule has 6 atom stereocenters. The molecule has 5 fully saturated rings. The Bertz CT molecular complexity index is 1220. The first-order valence-electron chi connectivity index (χ1n) is 14.4. The van der Waals surface area contributed by atoms with E-state index in [0.29, 0.717) is 23.0 Å². The zero-order chi connectivity index (χ0) is 25.9. The predicted molar refractivity (Wildman–Crippen MR) is 144 cm³/mol. The summed E-state index contributed by atoms with van der Waals surface area (Å²) in [7, 11) is 2.94. The maximum Gasteiger partial charge on any atom is 0.301 e. The summed E-state index contributed by atoms with van der Waals surface area (Å²) in [6, 6.07) is 8.80. The molecule has 7 nitrogen and oxygen atoms in total. The van der Waals surface area contributed by atoms with Crippen LogP contribution >= 0.6 is 0 Å². The second kappa shape index (κ2) is 9.49. The third kappa shape index (κ3) is 4.13. The lowest BCUT2D eigenvalue weighted by molar-refractivity contribution is -0.111. The van der Waals surface area contributed by atoms with Gasteiger partial charge >= 0.3 is 5.91 Å². The number of hydroxylamine groups is 2. The van der Waals surface area contributed by atoms with Crippen molar-refractivity contribution in [3.63, 3.8) is 0 Å². The van der Waals surface area contributed by atoms with Crippen LogP contribution < -0.4 is 5.56 Å². The topological polar surface area (TPSA) is 67.7 Å². The molecular formula is C30H42N4O3. The molecule has 1 aromatic carbocycles. The fourth-order valence-corrected chi connectivity index (χ4v) is 8.54. The molecule has 2 aromatic rings. The van der Waals surface area contributed by atoms with E-state index in [1.807, 2.05) is 28.8 Å². The number of fused-ring (bicyclic) bond motifs is 5. The number of hydrogen-bond donors (Lipinski definition) is 0. The van der Waals surface area contributed by atoms with Gasteiger partial charge in [0.15, 0.2) is 5.69 Å². The molecule has 3 aliphatic carbocycles. The maximum atomic E-state index is 13.8. The van der Waals surface area contributed by atoms with Crippen molar-refractivity contribution in [2.75, 3.05) is 20.7 Å². The highest BCUT2D eigenvalue weighted by Crippen LogP contribution is 2.62. The van der Waals surface area contributed by atoms with Gasteiger partial charge in [-0.2, -0.15) is 0 Å². The standard InChI is InChI=1S/C30H42N4O3/c1-30(2)20-13-12-19(24(30)16-20)14-15-33-21-8-7-9-22(33)18-23(17-21)34-26-11-6-5-10-25(26)31-27(29(34)36)28(35)32(3)37-4/h5-6,10-11,19-24H,7-9,12-18H2,1-4H3/t19-,20-,21-,22+,23+,24-/m0/s1. The second-order valence-corrected chi connectivity index (χ2v) is 12.7. The van der Waals surface area contributed by atoms with Crippen LogP contribution in [-0.4, -0.2) is 58.2 Å². The number of para-hydroxylation sites is 2. The smallest absolute Gasteiger partial charge is 0.301 e. The molecule has 3 heterocycles. The lowest BCUT2D eigenvalue weighted by Crippen LogP contribution is -2.55. The monoisotopic (exact) mass is 506 g/mol. The van der Waals surface area contributed by atoms with Crippen LogP contribution in [0.1, 0.15) is 88.2 Å². The van der Waals surface area contributed by atoms with Crippen LogP contribution in [0.4, 0.5) is 0 Å². The van der Waals surface area contributed by atoms with Gasteiger partial charge in [-0.3, -0.25) is 19.3 Å². The molecule has 1 aromatic heterocycles. The maximum absolute atomic E-state index is 13.8. The molecule has 37 heavy (non-hydrogen) atoms. The van der Waals surface area contributed by atoms with Gasteiger partial charge in [-0.05, 0) is 93.2 Å². The summed E-state index contributed by atoms with van der Waals surface area (Å²) < 4.78 is 1.89. The number of amides is 1. The van der Waals surface area contributed by atoms with Gasteiger partial charge in [0.2, 0.25) is 0 Å². The lowest BCUT2D eigenvalue weighted by Gasteiger charge is -2.60. The molecular weight excluding hydrogens is 464 g/mol. The fourth-order valence-electron chi connectivity index (χ4n) is 8.54. The fraction of sp³-hybridized carbons (Fsp3) is 0.700. The highest BCUT2D eigenvalue weighted by Gasteiger charge is 2.54. The molecule has 7 rings (SSSR count). The molecule has 0 unspecified atom stereocenters. The number of aromatic nitrogens is 2. The van der Waals surface area contributed by atoms with Crippen molar-refractivity contribution in [2.45, 2.75) is 89.8 Å². The van der Waals surface area contributed by atoms with Crippen LogP contribution in [-0.2, 0) is 4.84 Å². The van der Waals surface area contributed by atoms with E-state index in [2.05, 4.69) is 23.7 Å². The summed E-state index contributed by atoms with van der Waals surface area (Å²) in [5.41, 5.74) is 1.69. The molecule has 5 aliphatic rings. The molecule has 2 saturated heterocycles. The number of nitrogens with zero attached hydrogens (tertiary/aromatic N) is 4. The molecule has 0 N–H and O–H groups in total. The van der Waals surface area contributed by atoms with Crippen molar-refractivity contribution in [3.05, 3.63) is 40.3 Å². The number of carbonyl (C=O) groups excluding carboxylic acids is 1. The van der Waals surface area contributed by atoms with E-state index in [4.69, 9.17) is 4.84 Å². The lowest BCUT2D eigenvalue weighted by atomic mass is 9.45. The summed E-state index contributed by atoms with van der Waals surface area (Å²) in [6.07, 6.45) is 11.2. The Morgan fingerprint density at radius 3 is 2.49 bits per heavy atom. The van der Waals surface area contributed by atoms with Crippen molar-refractivity contribution in [2.24, 2.45) is 23.2 Å². The zero-order valence-corrected chi connectivity index (χ0v) is 22.9. The predicted octanol–water partition coefficient (Wildman–Crippen LogP) is 5.05. The SMILES string of the molecule is CON(C)C(=O)c1nc2ccccc2n([C@H]2C[C@H]3CCC[C@@H](C2)N3CC[C@@H]2CC[C@H]3C[C@@H]2C3(C)C)c1=O. The van der Waals surface area contributed by atoms with Crippen molar-refractivity contribution < 1.29 is 9.63 Å². The van der Waals surface area contributed by atoms with Crippen LogP contribution in [0.5, 0.6) is 0 Å². The summed E-state index contributed by atoms with van der Waals surface area (Å²) in [6.45, 7) is 6.19. The number of hydrogen-bond acceptors (Lipinski definition) is 5.